The van der Waals surface area contributed by atoms with Gasteiger partial charge in [-0.2, -0.15) is 0 Å². The topological polar surface area (TPSA) is 24.1 Å². The Morgan fingerprint density at radius 1 is 1.14 bits per heavy atom. The van der Waals surface area contributed by atoms with Crippen molar-refractivity contribution in [3.8, 4) is 0 Å². The molecule has 0 aromatic heterocycles. The van der Waals surface area contributed by atoms with E-state index in [4.69, 9.17) is 0 Å². The molecule has 1 aromatic carbocycles. The van der Waals surface area contributed by atoms with Crippen LogP contribution in [0.5, 0.6) is 0 Å². The normalized spacial score (nSPS) is 12.7. The number of rotatable bonds is 6. The summed E-state index contributed by atoms with van der Waals surface area (Å²) in [6, 6.07) is 10.9. The van der Waals surface area contributed by atoms with Crippen molar-refractivity contribution in [1.29, 1.82) is 0 Å². The molecular formula is C10H16N2S2. The minimum Gasteiger partial charge on any atom is -0.262 e. The molecule has 0 fully saturated rings. The molecule has 0 aliphatic carbocycles. The third-order valence-corrected chi connectivity index (χ3v) is 2.87. The first kappa shape index (κ1) is 11.9. The Balaban J connectivity index is 2.58. The van der Waals surface area contributed by atoms with E-state index in [1.54, 1.807) is 23.9 Å². The molecule has 1 unspecified atom stereocenters. The average molecular weight is 228 g/mol. The molecule has 0 bridgehead atoms. The monoisotopic (exact) mass is 228 g/mol. The van der Waals surface area contributed by atoms with Crippen LogP contribution >= 0.6 is 23.9 Å². The molecular weight excluding hydrogens is 212 g/mol. The van der Waals surface area contributed by atoms with E-state index in [1.807, 2.05) is 12.3 Å². The molecule has 2 N–H and O–H groups in total. The summed E-state index contributed by atoms with van der Waals surface area (Å²) in [5.41, 5.74) is 1.32. The molecule has 2 nitrogen and oxygen atoms in total. The largest absolute Gasteiger partial charge is 0.262 e. The highest BCUT2D eigenvalue weighted by Gasteiger charge is 2.08. The Kier molecular flexibility index (Phi) is 6.10. The van der Waals surface area contributed by atoms with Crippen LogP contribution in [0.1, 0.15) is 11.6 Å². The van der Waals surface area contributed by atoms with Crippen LogP contribution in [0.4, 0.5) is 0 Å². The Hall–Kier alpha value is -0.160. The number of nitrogens with one attached hydrogen (secondary N) is 2. The molecule has 0 aliphatic heterocycles. The summed E-state index contributed by atoms with van der Waals surface area (Å²) in [6.45, 7) is 0.937. The van der Waals surface area contributed by atoms with E-state index >= 15 is 0 Å². The van der Waals surface area contributed by atoms with Crippen LogP contribution in [0.15, 0.2) is 30.3 Å². The zero-order valence-electron chi connectivity index (χ0n) is 8.49. The Morgan fingerprint density at radius 3 is 2.43 bits per heavy atom. The van der Waals surface area contributed by atoms with Gasteiger partial charge in [0.1, 0.15) is 0 Å². The maximum Gasteiger partial charge on any atom is 0.0555 e. The first-order chi connectivity index (χ1) is 6.88. The lowest BCUT2D eigenvalue weighted by molar-refractivity contribution is 0.665. The molecule has 4 heteroatoms. The minimum absolute atomic E-state index is 0.374. The van der Waals surface area contributed by atoms with Crippen LogP contribution in [0.3, 0.4) is 0 Å². The third-order valence-electron chi connectivity index (χ3n) is 1.89. The first-order valence-electron chi connectivity index (χ1n) is 4.47. The van der Waals surface area contributed by atoms with Gasteiger partial charge >= 0.3 is 0 Å². The molecule has 1 aromatic rings. The van der Waals surface area contributed by atoms with Gasteiger partial charge in [-0.3, -0.25) is 9.44 Å². The zero-order valence-corrected chi connectivity index (χ0v) is 10.1. The summed E-state index contributed by atoms with van der Waals surface area (Å²) >= 11 is 3.31. The van der Waals surface area contributed by atoms with Crippen molar-refractivity contribution in [1.82, 2.24) is 9.44 Å². The second-order valence-corrected chi connectivity index (χ2v) is 4.18. The highest BCUT2D eigenvalue weighted by molar-refractivity contribution is 7.97. The van der Waals surface area contributed by atoms with E-state index in [-0.39, 0.29) is 0 Å². The van der Waals surface area contributed by atoms with Gasteiger partial charge in [0.2, 0.25) is 0 Å². The molecule has 0 saturated carbocycles. The summed E-state index contributed by atoms with van der Waals surface area (Å²) in [6.07, 6.45) is 4.09. The average Bonchev–Trinajstić information content (AvgIpc) is 2.25. The van der Waals surface area contributed by atoms with Gasteiger partial charge in [-0.1, -0.05) is 54.2 Å². The maximum absolute atomic E-state index is 3.37. The number of hydrogen-bond acceptors (Lipinski definition) is 4. The van der Waals surface area contributed by atoms with Gasteiger partial charge in [0, 0.05) is 6.54 Å². The van der Waals surface area contributed by atoms with E-state index < -0.39 is 0 Å². The van der Waals surface area contributed by atoms with Crippen LogP contribution in [-0.2, 0) is 0 Å². The summed E-state index contributed by atoms with van der Waals surface area (Å²) < 4.78 is 6.65. The van der Waals surface area contributed by atoms with Gasteiger partial charge in [-0.15, -0.1) is 0 Å². The van der Waals surface area contributed by atoms with E-state index in [0.29, 0.717) is 6.04 Å². The Bertz CT molecular complexity index is 241. The fourth-order valence-corrected chi connectivity index (χ4v) is 2.06. The van der Waals surface area contributed by atoms with Crippen molar-refractivity contribution >= 4 is 23.9 Å². The molecule has 0 radical (unpaired) electrons. The van der Waals surface area contributed by atoms with Gasteiger partial charge in [0.15, 0.2) is 0 Å². The van der Waals surface area contributed by atoms with Crippen LogP contribution in [0.25, 0.3) is 0 Å². The first-order valence-corrected chi connectivity index (χ1v) is 6.92. The van der Waals surface area contributed by atoms with Crippen molar-refractivity contribution in [2.24, 2.45) is 0 Å². The molecule has 78 valence electrons. The van der Waals surface area contributed by atoms with Crippen molar-refractivity contribution in [2.45, 2.75) is 6.04 Å². The maximum atomic E-state index is 3.37. The molecule has 0 saturated heterocycles. The number of hydrogen-bond donors (Lipinski definition) is 2. The molecule has 14 heavy (non-hydrogen) atoms. The van der Waals surface area contributed by atoms with E-state index in [0.717, 1.165) is 6.54 Å². The predicted octanol–water partition coefficient (Wildman–Crippen LogP) is 2.46. The predicted molar refractivity (Wildman–Crippen MR) is 67.4 cm³/mol. The van der Waals surface area contributed by atoms with Gasteiger partial charge in [-0.25, -0.2) is 0 Å². The molecule has 0 heterocycles. The Labute approximate surface area is 94.5 Å². The smallest absolute Gasteiger partial charge is 0.0555 e. The van der Waals surface area contributed by atoms with E-state index in [2.05, 4.69) is 40.0 Å². The number of benzene rings is 1. The van der Waals surface area contributed by atoms with E-state index in [1.165, 1.54) is 5.56 Å². The highest BCUT2D eigenvalue weighted by atomic mass is 32.2. The van der Waals surface area contributed by atoms with Crippen molar-refractivity contribution in [3.63, 3.8) is 0 Å². The second kappa shape index (κ2) is 7.17. The van der Waals surface area contributed by atoms with Gasteiger partial charge in [0.05, 0.1) is 6.04 Å². The second-order valence-electron chi connectivity index (χ2n) is 2.84. The lowest BCUT2D eigenvalue weighted by atomic mass is 10.1. The fourth-order valence-electron chi connectivity index (χ4n) is 1.22. The van der Waals surface area contributed by atoms with Crippen LogP contribution in [-0.4, -0.2) is 19.1 Å². The molecule has 1 rings (SSSR count). The molecule has 0 aliphatic rings. The minimum atomic E-state index is 0.374. The lowest BCUT2D eigenvalue weighted by Crippen LogP contribution is -2.24. The van der Waals surface area contributed by atoms with Crippen LogP contribution in [0, 0.1) is 0 Å². The summed E-state index contributed by atoms with van der Waals surface area (Å²) in [7, 11) is 0. The molecule has 0 spiro atoms. The summed E-state index contributed by atoms with van der Waals surface area (Å²) in [5.74, 6) is 0. The zero-order chi connectivity index (χ0) is 10.2. The van der Waals surface area contributed by atoms with Crippen molar-refractivity contribution in [3.05, 3.63) is 35.9 Å². The van der Waals surface area contributed by atoms with Crippen LogP contribution < -0.4 is 9.44 Å². The lowest BCUT2D eigenvalue weighted by Gasteiger charge is -2.17. The summed E-state index contributed by atoms with van der Waals surface area (Å²) in [4.78, 5) is 0. The Morgan fingerprint density at radius 2 is 1.86 bits per heavy atom. The molecule has 0 amide bonds. The summed E-state index contributed by atoms with van der Waals surface area (Å²) in [5, 5.41) is 0. The highest BCUT2D eigenvalue weighted by Crippen LogP contribution is 2.14. The quantitative estimate of drug-likeness (QED) is 0.730. The van der Waals surface area contributed by atoms with Gasteiger partial charge in [-0.05, 0) is 18.1 Å². The van der Waals surface area contributed by atoms with Crippen molar-refractivity contribution in [2.75, 3.05) is 19.1 Å². The SMILES string of the molecule is CSNCC(NSC)c1ccccc1. The molecule has 1 atom stereocenters. The fraction of sp³-hybridized carbons (Fsp3) is 0.400. The van der Waals surface area contributed by atoms with Crippen molar-refractivity contribution < 1.29 is 0 Å². The third kappa shape index (κ3) is 3.92. The van der Waals surface area contributed by atoms with Crippen LogP contribution in [0.2, 0.25) is 0 Å². The van der Waals surface area contributed by atoms with E-state index in [9.17, 15) is 0 Å². The standard InChI is InChI=1S/C10H16N2S2/c1-13-11-8-10(12-14-2)9-6-4-3-5-7-9/h3-7,10-12H,8H2,1-2H3. The van der Waals surface area contributed by atoms with Gasteiger partial charge < -0.3 is 0 Å². The van der Waals surface area contributed by atoms with Gasteiger partial charge in [0.25, 0.3) is 0 Å².